The quantitative estimate of drug-likeness (QED) is 0.900. The van der Waals surface area contributed by atoms with Crippen molar-refractivity contribution < 1.29 is 9.21 Å². The number of hydrogen-bond donors (Lipinski definition) is 1. The SMILES string of the molecule is CC(N)C1CCCCN1C(=O)c1cc2cccc(Br)c2o1. The largest absolute Gasteiger partial charge is 0.450 e. The van der Waals surface area contributed by atoms with Gasteiger partial charge in [0.25, 0.3) is 5.91 Å². The average molecular weight is 351 g/mol. The van der Waals surface area contributed by atoms with Crippen molar-refractivity contribution in [3.05, 3.63) is 34.5 Å². The first-order valence-corrected chi connectivity index (χ1v) is 8.12. The van der Waals surface area contributed by atoms with Crippen LogP contribution in [0.4, 0.5) is 0 Å². The van der Waals surface area contributed by atoms with Gasteiger partial charge in [-0.05, 0) is 54.2 Å². The van der Waals surface area contributed by atoms with Gasteiger partial charge in [-0.1, -0.05) is 12.1 Å². The van der Waals surface area contributed by atoms with Gasteiger partial charge in [0.2, 0.25) is 0 Å². The highest BCUT2D eigenvalue weighted by Gasteiger charge is 2.31. The lowest BCUT2D eigenvalue weighted by atomic mass is 9.96. The molecule has 0 spiro atoms. The predicted molar refractivity (Wildman–Crippen MR) is 86.2 cm³/mol. The van der Waals surface area contributed by atoms with Crippen LogP contribution < -0.4 is 5.73 Å². The van der Waals surface area contributed by atoms with E-state index in [2.05, 4.69) is 15.9 Å². The van der Waals surface area contributed by atoms with Crippen LogP contribution in [0.1, 0.15) is 36.7 Å². The summed E-state index contributed by atoms with van der Waals surface area (Å²) in [5.74, 6) is 0.338. The summed E-state index contributed by atoms with van der Waals surface area (Å²) in [6, 6.07) is 7.68. The first-order valence-electron chi connectivity index (χ1n) is 7.32. The number of piperidine rings is 1. The monoisotopic (exact) mass is 350 g/mol. The topological polar surface area (TPSA) is 59.5 Å². The van der Waals surface area contributed by atoms with Gasteiger partial charge in [0, 0.05) is 24.0 Å². The Balaban J connectivity index is 1.93. The minimum atomic E-state index is -0.0555. The number of furan rings is 1. The van der Waals surface area contributed by atoms with E-state index in [-0.39, 0.29) is 18.0 Å². The van der Waals surface area contributed by atoms with E-state index < -0.39 is 0 Å². The fraction of sp³-hybridized carbons (Fsp3) is 0.438. The van der Waals surface area contributed by atoms with E-state index in [1.165, 1.54) is 0 Å². The number of nitrogens with zero attached hydrogens (tertiary/aromatic N) is 1. The van der Waals surface area contributed by atoms with Crippen molar-refractivity contribution in [1.82, 2.24) is 4.90 Å². The zero-order valence-corrected chi connectivity index (χ0v) is 13.6. The smallest absolute Gasteiger partial charge is 0.289 e. The maximum absolute atomic E-state index is 12.8. The van der Waals surface area contributed by atoms with Crippen LogP contribution in [0.25, 0.3) is 11.0 Å². The maximum atomic E-state index is 12.8. The van der Waals surface area contributed by atoms with Crippen LogP contribution in [0.5, 0.6) is 0 Å². The zero-order chi connectivity index (χ0) is 15.0. The van der Waals surface area contributed by atoms with Crippen molar-refractivity contribution in [1.29, 1.82) is 0 Å². The number of carbonyl (C=O) groups excluding carboxylic acids is 1. The molecular weight excluding hydrogens is 332 g/mol. The molecule has 21 heavy (non-hydrogen) atoms. The van der Waals surface area contributed by atoms with Crippen LogP contribution in [0, 0.1) is 0 Å². The number of carbonyl (C=O) groups is 1. The third kappa shape index (κ3) is 2.72. The van der Waals surface area contributed by atoms with E-state index in [9.17, 15) is 4.79 Å². The number of rotatable bonds is 2. The van der Waals surface area contributed by atoms with E-state index in [1.54, 1.807) is 0 Å². The Hall–Kier alpha value is -1.33. The van der Waals surface area contributed by atoms with Gasteiger partial charge >= 0.3 is 0 Å². The minimum absolute atomic E-state index is 0.0228. The van der Waals surface area contributed by atoms with Crippen molar-refractivity contribution in [2.75, 3.05) is 6.54 Å². The lowest BCUT2D eigenvalue weighted by Gasteiger charge is -2.37. The summed E-state index contributed by atoms with van der Waals surface area (Å²) in [5, 5.41) is 0.932. The molecule has 2 N–H and O–H groups in total. The van der Waals surface area contributed by atoms with Gasteiger partial charge in [-0.3, -0.25) is 4.79 Å². The van der Waals surface area contributed by atoms with Gasteiger partial charge < -0.3 is 15.1 Å². The minimum Gasteiger partial charge on any atom is -0.450 e. The Kier molecular flexibility index (Phi) is 4.04. The van der Waals surface area contributed by atoms with Crippen molar-refractivity contribution in [3.8, 4) is 0 Å². The highest BCUT2D eigenvalue weighted by Crippen LogP contribution is 2.29. The van der Waals surface area contributed by atoms with Crippen LogP contribution in [0.3, 0.4) is 0 Å². The van der Waals surface area contributed by atoms with Gasteiger partial charge in [0.05, 0.1) is 4.47 Å². The highest BCUT2D eigenvalue weighted by atomic mass is 79.9. The molecule has 2 atom stereocenters. The molecule has 2 aromatic rings. The summed E-state index contributed by atoms with van der Waals surface area (Å²) in [5.41, 5.74) is 6.76. The Labute approximate surface area is 132 Å². The fourth-order valence-electron chi connectivity index (χ4n) is 3.03. The van der Waals surface area contributed by atoms with E-state index in [0.717, 1.165) is 41.2 Å². The van der Waals surface area contributed by atoms with Crippen LogP contribution >= 0.6 is 15.9 Å². The second-order valence-corrected chi connectivity index (χ2v) is 6.54. The molecule has 112 valence electrons. The van der Waals surface area contributed by atoms with E-state index in [1.807, 2.05) is 36.1 Å². The summed E-state index contributed by atoms with van der Waals surface area (Å²) in [6.07, 6.45) is 3.12. The Morgan fingerprint density at radius 2 is 2.29 bits per heavy atom. The molecule has 2 unspecified atom stereocenters. The molecule has 0 saturated carbocycles. The zero-order valence-electron chi connectivity index (χ0n) is 12.0. The number of para-hydroxylation sites is 1. The molecule has 1 aromatic heterocycles. The summed E-state index contributed by atoms with van der Waals surface area (Å²) >= 11 is 3.45. The van der Waals surface area contributed by atoms with Crippen molar-refractivity contribution in [2.24, 2.45) is 5.73 Å². The molecule has 5 heteroatoms. The molecule has 1 aliphatic heterocycles. The number of hydrogen-bond acceptors (Lipinski definition) is 3. The molecule has 1 fully saturated rings. The third-order valence-corrected chi connectivity index (χ3v) is 4.75. The number of likely N-dealkylation sites (tertiary alicyclic amines) is 1. The number of halogens is 1. The highest BCUT2D eigenvalue weighted by molar-refractivity contribution is 9.10. The van der Waals surface area contributed by atoms with Gasteiger partial charge in [0.15, 0.2) is 5.76 Å². The fourth-order valence-corrected chi connectivity index (χ4v) is 3.49. The Morgan fingerprint density at radius 3 is 3.00 bits per heavy atom. The standard InChI is InChI=1S/C16H19BrN2O2/c1-10(18)13-7-2-3-8-19(13)16(20)14-9-11-5-4-6-12(17)15(11)21-14/h4-6,9-10,13H,2-3,7-8,18H2,1H3. The van der Waals surface area contributed by atoms with Crippen LogP contribution in [0.15, 0.2) is 33.2 Å². The summed E-state index contributed by atoms with van der Waals surface area (Å²) in [4.78, 5) is 14.6. The first kappa shape index (κ1) is 14.6. The molecule has 1 aliphatic rings. The summed E-state index contributed by atoms with van der Waals surface area (Å²) in [7, 11) is 0. The Morgan fingerprint density at radius 1 is 1.48 bits per heavy atom. The molecule has 1 aromatic carbocycles. The van der Waals surface area contributed by atoms with E-state index in [4.69, 9.17) is 10.2 Å². The van der Waals surface area contributed by atoms with Gasteiger partial charge in [-0.15, -0.1) is 0 Å². The molecule has 0 aliphatic carbocycles. The molecule has 2 heterocycles. The predicted octanol–water partition coefficient (Wildman–Crippen LogP) is 3.54. The van der Waals surface area contributed by atoms with Crippen molar-refractivity contribution in [3.63, 3.8) is 0 Å². The van der Waals surface area contributed by atoms with Gasteiger partial charge in [-0.2, -0.15) is 0 Å². The summed E-state index contributed by atoms with van der Waals surface area (Å²) < 4.78 is 6.63. The molecule has 0 bridgehead atoms. The van der Waals surface area contributed by atoms with E-state index in [0.29, 0.717) is 5.76 Å². The van der Waals surface area contributed by atoms with Gasteiger partial charge in [0.1, 0.15) is 5.58 Å². The lowest BCUT2D eigenvalue weighted by Crippen LogP contribution is -2.51. The van der Waals surface area contributed by atoms with Crippen molar-refractivity contribution in [2.45, 2.75) is 38.3 Å². The number of amides is 1. The van der Waals surface area contributed by atoms with Crippen molar-refractivity contribution >= 4 is 32.8 Å². The van der Waals surface area contributed by atoms with Crippen LogP contribution in [0.2, 0.25) is 0 Å². The third-order valence-electron chi connectivity index (χ3n) is 4.12. The second-order valence-electron chi connectivity index (χ2n) is 5.69. The molecular formula is C16H19BrN2O2. The lowest BCUT2D eigenvalue weighted by molar-refractivity contribution is 0.0554. The maximum Gasteiger partial charge on any atom is 0.289 e. The molecule has 1 amide bonds. The number of nitrogens with two attached hydrogens (primary N) is 1. The number of benzene rings is 1. The van der Waals surface area contributed by atoms with Crippen LogP contribution in [-0.2, 0) is 0 Å². The second kappa shape index (κ2) is 5.81. The van der Waals surface area contributed by atoms with Crippen LogP contribution in [-0.4, -0.2) is 29.4 Å². The Bertz CT molecular complexity index is 665. The normalized spacial score (nSPS) is 20.7. The summed E-state index contributed by atoms with van der Waals surface area (Å²) in [6.45, 7) is 2.72. The molecule has 3 rings (SSSR count). The average Bonchev–Trinajstić information content (AvgIpc) is 2.92. The number of fused-ring (bicyclic) bond motifs is 1. The first-order chi connectivity index (χ1) is 10.1. The molecule has 0 radical (unpaired) electrons. The van der Waals surface area contributed by atoms with E-state index >= 15 is 0 Å². The van der Waals surface area contributed by atoms with Gasteiger partial charge in [-0.25, -0.2) is 0 Å². The molecule has 4 nitrogen and oxygen atoms in total. The molecule has 1 saturated heterocycles.